The molecule has 0 saturated carbocycles. The third-order valence-electron chi connectivity index (χ3n) is 3.25. The standard InChI is InChI=1S/C14H16BrNO4/c15-11-3-1-2-9(6-11)12(7-13(17)18)16-14(19)10-4-5-20-8-10/h1-3,6,10,12H,4-5,7-8H2,(H,16,19)(H,17,18)/t10-,12-/m0/s1. The summed E-state index contributed by atoms with van der Waals surface area (Å²) in [5, 5.41) is 11.8. The first-order valence-electron chi connectivity index (χ1n) is 6.41. The van der Waals surface area contributed by atoms with Crippen molar-refractivity contribution in [3.05, 3.63) is 34.3 Å². The molecule has 1 aliphatic heterocycles. The van der Waals surface area contributed by atoms with Crippen molar-refractivity contribution in [2.45, 2.75) is 18.9 Å². The van der Waals surface area contributed by atoms with Gasteiger partial charge in [0.25, 0.3) is 0 Å². The van der Waals surface area contributed by atoms with E-state index in [1.807, 2.05) is 24.3 Å². The molecule has 1 fully saturated rings. The number of hydrogen-bond donors (Lipinski definition) is 2. The van der Waals surface area contributed by atoms with Gasteiger partial charge < -0.3 is 15.2 Å². The van der Waals surface area contributed by atoms with E-state index >= 15 is 0 Å². The van der Waals surface area contributed by atoms with E-state index < -0.39 is 12.0 Å². The number of halogens is 1. The summed E-state index contributed by atoms with van der Waals surface area (Å²) in [4.78, 5) is 23.1. The van der Waals surface area contributed by atoms with Gasteiger partial charge in [-0.15, -0.1) is 0 Å². The molecule has 20 heavy (non-hydrogen) atoms. The van der Waals surface area contributed by atoms with Gasteiger partial charge in [-0.05, 0) is 24.1 Å². The number of benzene rings is 1. The number of rotatable bonds is 5. The highest BCUT2D eigenvalue weighted by molar-refractivity contribution is 9.10. The Morgan fingerprint density at radius 3 is 2.90 bits per heavy atom. The van der Waals surface area contributed by atoms with Crippen molar-refractivity contribution in [1.29, 1.82) is 0 Å². The lowest BCUT2D eigenvalue weighted by Gasteiger charge is -2.19. The quantitative estimate of drug-likeness (QED) is 0.860. The van der Waals surface area contributed by atoms with Crippen molar-refractivity contribution >= 4 is 27.8 Å². The Bertz CT molecular complexity index is 500. The number of carbonyl (C=O) groups excluding carboxylic acids is 1. The van der Waals surface area contributed by atoms with Crippen LogP contribution in [0, 0.1) is 5.92 Å². The van der Waals surface area contributed by atoms with Crippen LogP contribution in [0.15, 0.2) is 28.7 Å². The maximum absolute atomic E-state index is 12.1. The van der Waals surface area contributed by atoms with Crippen LogP contribution in [-0.4, -0.2) is 30.2 Å². The highest BCUT2D eigenvalue weighted by Gasteiger charge is 2.26. The Kier molecular flexibility index (Phi) is 5.14. The first-order chi connectivity index (χ1) is 9.56. The van der Waals surface area contributed by atoms with Crippen molar-refractivity contribution < 1.29 is 19.4 Å². The van der Waals surface area contributed by atoms with E-state index in [9.17, 15) is 9.59 Å². The third kappa shape index (κ3) is 4.05. The second-order valence-corrected chi connectivity index (χ2v) is 5.69. The van der Waals surface area contributed by atoms with Crippen molar-refractivity contribution in [2.24, 2.45) is 5.92 Å². The molecular formula is C14H16BrNO4. The largest absolute Gasteiger partial charge is 0.481 e. The molecule has 2 atom stereocenters. The van der Waals surface area contributed by atoms with Gasteiger partial charge in [0, 0.05) is 11.1 Å². The summed E-state index contributed by atoms with van der Waals surface area (Å²) in [5.41, 5.74) is 0.772. The zero-order valence-corrected chi connectivity index (χ0v) is 12.4. The monoisotopic (exact) mass is 341 g/mol. The topological polar surface area (TPSA) is 75.6 Å². The van der Waals surface area contributed by atoms with Crippen LogP contribution in [-0.2, 0) is 14.3 Å². The molecule has 6 heteroatoms. The molecular weight excluding hydrogens is 326 g/mol. The predicted molar refractivity (Wildman–Crippen MR) is 76.2 cm³/mol. The molecule has 0 bridgehead atoms. The SMILES string of the molecule is O=C(O)C[C@H](NC(=O)[C@H]1CCOC1)c1cccc(Br)c1. The van der Waals surface area contributed by atoms with Gasteiger partial charge in [-0.2, -0.15) is 0 Å². The van der Waals surface area contributed by atoms with E-state index in [1.54, 1.807) is 0 Å². The van der Waals surface area contributed by atoms with Gasteiger partial charge >= 0.3 is 5.97 Å². The molecule has 2 rings (SSSR count). The molecule has 0 radical (unpaired) electrons. The van der Waals surface area contributed by atoms with E-state index in [0.717, 1.165) is 10.0 Å². The van der Waals surface area contributed by atoms with Crippen LogP contribution in [0.25, 0.3) is 0 Å². The summed E-state index contributed by atoms with van der Waals surface area (Å²) in [6.45, 7) is 0.989. The van der Waals surface area contributed by atoms with Gasteiger partial charge in [-0.3, -0.25) is 9.59 Å². The Hall–Kier alpha value is -1.40. The average Bonchev–Trinajstić information content (AvgIpc) is 2.91. The summed E-state index contributed by atoms with van der Waals surface area (Å²) in [5.74, 6) is -1.27. The molecule has 108 valence electrons. The molecule has 2 N–H and O–H groups in total. The lowest BCUT2D eigenvalue weighted by Crippen LogP contribution is -2.35. The fraction of sp³-hybridized carbons (Fsp3) is 0.429. The van der Waals surface area contributed by atoms with E-state index in [0.29, 0.717) is 19.6 Å². The highest BCUT2D eigenvalue weighted by Crippen LogP contribution is 2.22. The summed E-state index contributed by atoms with van der Waals surface area (Å²) < 4.78 is 6.03. The lowest BCUT2D eigenvalue weighted by atomic mass is 10.0. The van der Waals surface area contributed by atoms with Crippen molar-refractivity contribution in [1.82, 2.24) is 5.32 Å². The number of amides is 1. The molecule has 5 nitrogen and oxygen atoms in total. The molecule has 1 aromatic carbocycles. The van der Waals surface area contributed by atoms with Gasteiger partial charge in [-0.1, -0.05) is 28.1 Å². The maximum atomic E-state index is 12.1. The summed E-state index contributed by atoms with van der Waals surface area (Å²) >= 11 is 3.35. The first-order valence-corrected chi connectivity index (χ1v) is 7.21. The minimum absolute atomic E-state index is 0.143. The minimum atomic E-state index is -0.946. The van der Waals surface area contributed by atoms with Gasteiger partial charge in [0.15, 0.2) is 0 Å². The van der Waals surface area contributed by atoms with Crippen LogP contribution >= 0.6 is 15.9 Å². The second kappa shape index (κ2) is 6.85. The molecule has 1 amide bonds. The van der Waals surface area contributed by atoms with E-state index in [1.165, 1.54) is 0 Å². The Labute approximate surface area is 125 Å². The molecule has 1 aliphatic rings. The van der Waals surface area contributed by atoms with Crippen LogP contribution in [0.1, 0.15) is 24.4 Å². The van der Waals surface area contributed by atoms with Crippen LogP contribution in [0.4, 0.5) is 0 Å². The second-order valence-electron chi connectivity index (χ2n) is 4.77. The number of ether oxygens (including phenoxy) is 1. The summed E-state index contributed by atoms with van der Waals surface area (Å²) in [6.07, 6.45) is 0.542. The smallest absolute Gasteiger partial charge is 0.305 e. The van der Waals surface area contributed by atoms with Crippen LogP contribution < -0.4 is 5.32 Å². The Morgan fingerprint density at radius 1 is 1.50 bits per heavy atom. The summed E-state index contributed by atoms with van der Waals surface area (Å²) in [7, 11) is 0. The number of nitrogens with one attached hydrogen (secondary N) is 1. The van der Waals surface area contributed by atoms with Crippen molar-refractivity contribution in [2.75, 3.05) is 13.2 Å². The zero-order valence-electron chi connectivity index (χ0n) is 10.8. The Balaban J connectivity index is 2.10. The predicted octanol–water partition coefficient (Wildman–Crippen LogP) is 2.12. The van der Waals surface area contributed by atoms with Gasteiger partial charge in [-0.25, -0.2) is 0 Å². The molecule has 0 aromatic heterocycles. The lowest BCUT2D eigenvalue weighted by molar-refractivity contribution is -0.137. The molecule has 0 spiro atoms. The molecule has 1 saturated heterocycles. The first kappa shape index (κ1) is 15.0. The molecule has 1 heterocycles. The fourth-order valence-electron chi connectivity index (χ4n) is 2.18. The average molecular weight is 342 g/mol. The normalized spacial score (nSPS) is 19.6. The number of hydrogen-bond acceptors (Lipinski definition) is 3. The van der Waals surface area contributed by atoms with Crippen molar-refractivity contribution in [3.8, 4) is 0 Å². The Morgan fingerprint density at radius 2 is 2.30 bits per heavy atom. The van der Waals surface area contributed by atoms with E-state index in [4.69, 9.17) is 9.84 Å². The zero-order chi connectivity index (χ0) is 14.5. The molecule has 1 aromatic rings. The molecule has 0 unspecified atom stereocenters. The van der Waals surface area contributed by atoms with Crippen LogP contribution in [0.5, 0.6) is 0 Å². The number of carbonyl (C=O) groups is 2. The van der Waals surface area contributed by atoms with E-state index in [2.05, 4.69) is 21.2 Å². The highest BCUT2D eigenvalue weighted by atomic mass is 79.9. The number of carboxylic acids is 1. The van der Waals surface area contributed by atoms with Gasteiger partial charge in [0.05, 0.1) is 25.0 Å². The molecule has 0 aliphatic carbocycles. The van der Waals surface area contributed by atoms with Gasteiger partial charge in [0.2, 0.25) is 5.91 Å². The van der Waals surface area contributed by atoms with E-state index in [-0.39, 0.29) is 18.2 Å². The number of carboxylic acid groups (broad SMARTS) is 1. The minimum Gasteiger partial charge on any atom is -0.481 e. The fourth-order valence-corrected chi connectivity index (χ4v) is 2.60. The van der Waals surface area contributed by atoms with Crippen LogP contribution in [0.2, 0.25) is 0 Å². The third-order valence-corrected chi connectivity index (χ3v) is 3.74. The maximum Gasteiger partial charge on any atom is 0.305 e. The van der Waals surface area contributed by atoms with Crippen LogP contribution in [0.3, 0.4) is 0 Å². The van der Waals surface area contributed by atoms with Crippen molar-refractivity contribution in [3.63, 3.8) is 0 Å². The summed E-state index contributed by atoms with van der Waals surface area (Å²) in [6, 6.07) is 6.77. The number of aliphatic carboxylic acids is 1. The van der Waals surface area contributed by atoms with Gasteiger partial charge in [0.1, 0.15) is 0 Å².